The number of nitrogens with zero attached hydrogens (tertiary/aromatic N) is 1. The van der Waals surface area contributed by atoms with Crippen LogP contribution in [-0.4, -0.2) is 22.8 Å². The first kappa shape index (κ1) is 20.1. The molecule has 2 heterocycles. The van der Waals surface area contributed by atoms with Crippen LogP contribution in [-0.2, 0) is 11.2 Å². The molecule has 0 saturated heterocycles. The van der Waals surface area contributed by atoms with E-state index >= 15 is 0 Å². The number of nitrogens with one attached hydrogen (secondary N) is 2. The molecule has 146 valence electrons. The average Bonchev–Trinajstić information content (AvgIpc) is 3.24. The van der Waals surface area contributed by atoms with Gasteiger partial charge in [-0.2, -0.15) is 0 Å². The standard InChI is InChI=1S/C20H20ClN3O3S/c1-11(2)22-19(26)14-7-6-13(21)9-16(14)23-18(25)10-15-12(3)27-20(24-15)17-5-4-8-28-17/h4-9,11H,10H2,1-3H3,(H,22,26)(H,23,25). The molecular weight excluding hydrogens is 398 g/mol. The van der Waals surface area contributed by atoms with Crippen LogP contribution >= 0.6 is 22.9 Å². The zero-order chi connectivity index (χ0) is 20.3. The molecule has 2 aromatic heterocycles. The normalized spacial score (nSPS) is 10.9. The van der Waals surface area contributed by atoms with Crippen LogP contribution < -0.4 is 10.6 Å². The van der Waals surface area contributed by atoms with Gasteiger partial charge in [0.1, 0.15) is 5.76 Å². The van der Waals surface area contributed by atoms with Gasteiger partial charge in [0, 0.05) is 11.1 Å². The van der Waals surface area contributed by atoms with Gasteiger partial charge in [0.15, 0.2) is 0 Å². The summed E-state index contributed by atoms with van der Waals surface area (Å²) in [5.41, 5.74) is 1.26. The molecule has 0 aliphatic carbocycles. The Bertz CT molecular complexity index is 996. The molecule has 6 nitrogen and oxygen atoms in total. The predicted molar refractivity (Wildman–Crippen MR) is 111 cm³/mol. The number of carbonyl (C=O) groups excluding carboxylic acids is 2. The Morgan fingerprint density at radius 3 is 2.75 bits per heavy atom. The number of hydrogen-bond donors (Lipinski definition) is 2. The van der Waals surface area contributed by atoms with Crippen LogP contribution in [0.3, 0.4) is 0 Å². The van der Waals surface area contributed by atoms with E-state index in [2.05, 4.69) is 15.6 Å². The highest BCUT2D eigenvalue weighted by Crippen LogP contribution is 2.26. The lowest BCUT2D eigenvalue weighted by molar-refractivity contribution is -0.115. The molecule has 0 spiro atoms. The quantitative estimate of drug-likeness (QED) is 0.609. The van der Waals surface area contributed by atoms with Crippen molar-refractivity contribution in [3.05, 3.63) is 57.8 Å². The molecule has 3 rings (SSSR count). The molecule has 0 radical (unpaired) electrons. The minimum Gasteiger partial charge on any atom is -0.440 e. The van der Waals surface area contributed by atoms with Crippen LogP contribution in [0.25, 0.3) is 10.8 Å². The molecule has 0 unspecified atom stereocenters. The van der Waals surface area contributed by atoms with Crippen molar-refractivity contribution in [1.29, 1.82) is 0 Å². The summed E-state index contributed by atoms with van der Waals surface area (Å²) in [7, 11) is 0. The Labute approximate surface area is 171 Å². The summed E-state index contributed by atoms with van der Waals surface area (Å²) in [6, 6.07) is 8.55. The van der Waals surface area contributed by atoms with Gasteiger partial charge in [-0.15, -0.1) is 11.3 Å². The van der Waals surface area contributed by atoms with Crippen LogP contribution in [0, 0.1) is 6.92 Å². The van der Waals surface area contributed by atoms with Crippen molar-refractivity contribution < 1.29 is 14.0 Å². The van der Waals surface area contributed by atoms with Gasteiger partial charge < -0.3 is 15.1 Å². The summed E-state index contributed by atoms with van der Waals surface area (Å²) >= 11 is 7.56. The summed E-state index contributed by atoms with van der Waals surface area (Å²) in [5, 5.41) is 7.93. The Morgan fingerprint density at radius 1 is 1.29 bits per heavy atom. The van der Waals surface area contributed by atoms with E-state index in [1.807, 2.05) is 31.4 Å². The summed E-state index contributed by atoms with van der Waals surface area (Å²) in [4.78, 5) is 30.3. The van der Waals surface area contributed by atoms with Crippen LogP contribution in [0.2, 0.25) is 5.02 Å². The average molecular weight is 418 g/mol. The second kappa shape index (κ2) is 8.58. The molecule has 0 aliphatic heterocycles. The Kier molecular flexibility index (Phi) is 6.16. The number of halogens is 1. The third-order valence-corrected chi connectivity index (χ3v) is 4.97. The molecular formula is C20H20ClN3O3S. The minimum absolute atomic E-state index is 0.0263. The third kappa shape index (κ3) is 4.79. The SMILES string of the molecule is Cc1oc(-c2cccs2)nc1CC(=O)Nc1cc(Cl)ccc1C(=O)NC(C)C. The van der Waals surface area contributed by atoms with Gasteiger partial charge in [-0.05, 0) is 50.4 Å². The number of oxazole rings is 1. The maximum absolute atomic E-state index is 12.6. The first-order valence-corrected chi connectivity index (χ1v) is 9.99. The molecule has 0 aliphatic rings. The van der Waals surface area contributed by atoms with Crippen LogP contribution in [0.15, 0.2) is 40.1 Å². The Hall–Kier alpha value is -2.64. The van der Waals surface area contributed by atoms with E-state index in [4.69, 9.17) is 16.0 Å². The van der Waals surface area contributed by atoms with Gasteiger partial charge in [-0.25, -0.2) is 4.98 Å². The number of aryl methyl sites for hydroxylation is 1. The number of carbonyl (C=O) groups is 2. The van der Waals surface area contributed by atoms with Gasteiger partial charge in [-0.3, -0.25) is 9.59 Å². The lowest BCUT2D eigenvalue weighted by Crippen LogP contribution is -2.31. The highest BCUT2D eigenvalue weighted by Gasteiger charge is 2.18. The number of rotatable bonds is 6. The number of anilines is 1. The number of aromatic nitrogens is 1. The van der Waals surface area contributed by atoms with Crippen molar-refractivity contribution in [3.8, 4) is 10.8 Å². The van der Waals surface area contributed by atoms with E-state index in [1.54, 1.807) is 25.1 Å². The minimum atomic E-state index is -0.310. The molecule has 3 aromatic rings. The molecule has 1 aromatic carbocycles. The summed E-state index contributed by atoms with van der Waals surface area (Å²) < 4.78 is 5.67. The van der Waals surface area contributed by atoms with Crippen molar-refractivity contribution in [2.24, 2.45) is 0 Å². The summed E-state index contributed by atoms with van der Waals surface area (Å²) in [6.45, 7) is 5.50. The van der Waals surface area contributed by atoms with Crippen LogP contribution in [0.5, 0.6) is 0 Å². The fraction of sp³-hybridized carbons (Fsp3) is 0.250. The fourth-order valence-electron chi connectivity index (χ4n) is 2.60. The summed E-state index contributed by atoms with van der Waals surface area (Å²) in [5.74, 6) is 0.493. The fourth-order valence-corrected chi connectivity index (χ4v) is 3.42. The molecule has 0 saturated carbocycles. The molecule has 28 heavy (non-hydrogen) atoms. The smallest absolute Gasteiger partial charge is 0.253 e. The maximum atomic E-state index is 12.6. The monoisotopic (exact) mass is 417 g/mol. The zero-order valence-electron chi connectivity index (χ0n) is 15.7. The van der Waals surface area contributed by atoms with Crippen molar-refractivity contribution >= 4 is 40.4 Å². The molecule has 0 fully saturated rings. The van der Waals surface area contributed by atoms with Crippen molar-refractivity contribution in [1.82, 2.24) is 10.3 Å². The largest absolute Gasteiger partial charge is 0.440 e. The van der Waals surface area contributed by atoms with Gasteiger partial charge in [-0.1, -0.05) is 17.7 Å². The van der Waals surface area contributed by atoms with E-state index in [1.165, 1.54) is 11.3 Å². The molecule has 2 N–H and O–H groups in total. The van der Waals surface area contributed by atoms with Crippen molar-refractivity contribution in [3.63, 3.8) is 0 Å². The van der Waals surface area contributed by atoms with Crippen molar-refractivity contribution in [2.45, 2.75) is 33.2 Å². The molecule has 0 bridgehead atoms. The van der Waals surface area contributed by atoms with Gasteiger partial charge in [0.2, 0.25) is 11.8 Å². The first-order valence-electron chi connectivity index (χ1n) is 8.74. The van der Waals surface area contributed by atoms with E-state index in [0.29, 0.717) is 33.6 Å². The number of thiophene rings is 1. The maximum Gasteiger partial charge on any atom is 0.253 e. The predicted octanol–water partition coefficient (Wildman–Crippen LogP) is 4.68. The second-order valence-corrected chi connectivity index (χ2v) is 7.93. The van der Waals surface area contributed by atoms with E-state index in [0.717, 1.165) is 4.88 Å². The van der Waals surface area contributed by atoms with E-state index < -0.39 is 0 Å². The van der Waals surface area contributed by atoms with Gasteiger partial charge >= 0.3 is 0 Å². The molecule has 8 heteroatoms. The Balaban J connectivity index is 1.77. The highest BCUT2D eigenvalue weighted by atomic mass is 35.5. The summed E-state index contributed by atoms with van der Waals surface area (Å²) in [6.07, 6.45) is 0.0263. The van der Waals surface area contributed by atoms with Crippen LogP contribution in [0.4, 0.5) is 5.69 Å². The number of hydrogen-bond acceptors (Lipinski definition) is 5. The van der Waals surface area contributed by atoms with Crippen molar-refractivity contribution in [2.75, 3.05) is 5.32 Å². The molecule has 2 amide bonds. The van der Waals surface area contributed by atoms with Crippen LogP contribution in [0.1, 0.15) is 35.7 Å². The third-order valence-electron chi connectivity index (χ3n) is 3.87. The Morgan fingerprint density at radius 2 is 2.07 bits per heavy atom. The highest BCUT2D eigenvalue weighted by molar-refractivity contribution is 7.13. The van der Waals surface area contributed by atoms with Gasteiger partial charge in [0.25, 0.3) is 5.91 Å². The zero-order valence-corrected chi connectivity index (χ0v) is 17.3. The molecule has 0 atom stereocenters. The van der Waals surface area contributed by atoms with E-state index in [-0.39, 0.29) is 24.3 Å². The van der Waals surface area contributed by atoms with E-state index in [9.17, 15) is 9.59 Å². The second-order valence-electron chi connectivity index (χ2n) is 6.54. The lowest BCUT2D eigenvalue weighted by Gasteiger charge is -2.13. The lowest BCUT2D eigenvalue weighted by atomic mass is 10.1. The number of benzene rings is 1. The topological polar surface area (TPSA) is 84.2 Å². The number of amides is 2. The van der Waals surface area contributed by atoms with Gasteiger partial charge in [0.05, 0.1) is 28.2 Å². The first-order chi connectivity index (χ1) is 13.3.